The van der Waals surface area contributed by atoms with Crippen LogP contribution < -0.4 is 10.6 Å². The quantitative estimate of drug-likeness (QED) is 0.477. The molecule has 0 atom stereocenters. The van der Waals surface area contributed by atoms with E-state index in [-0.39, 0.29) is 43.1 Å². The van der Waals surface area contributed by atoms with Gasteiger partial charge >= 0.3 is 0 Å². The Morgan fingerprint density at radius 3 is 2.42 bits per heavy atom. The number of aromatic nitrogens is 1. The fourth-order valence-corrected chi connectivity index (χ4v) is 5.52. The number of carbonyl (C=O) groups is 3. The largest absolute Gasteiger partial charge is 0.467 e. The maximum atomic E-state index is 14.0. The van der Waals surface area contributed by atoms with Crippen LogP contribution in [0.4, 0.5) is 5.82 Å². The second-order valence-corrected chi connectivity index (χ2v) is 10.2. The van der Waals surface area contributed by atoms with Gasteiger partial charge in [-0.2, -0.15) is 0 Å². The van der Waals surface area contributed by atoms with E-state index in [1.165, 1.54) is 6.42 Å². The second kappa shape index (κ2) is 12.2. The summed E-state index contributed by atoms with van der Waals surface area (Å²) in [5.41, 5.74) is -0.947. The highest BCUT2D eigenvalue weighted by molar-refractivity contribution is 5.95. The average Bonchev–Trinajstić information content (AvgIpc) is 3.47. The Hall–Kier alpha value is -3.10. The number of nitrogens with zero attached hydrogens (tertiary/aromatic N) is 2. The van der Waals surface area contributed by atoms with Crippen molar-refractivity contribution in [1.29, 1.82) is 0 Å². The first-order valence-corrected chi connectivity index (χ1v) is 13.3. The van der Waals surface area contributed by atoms with E-state index < -0.39 is 5.54 Å². The molecule has 2 aromatic heterocycles. The van der Waals surface area contributed by atoms with Crippen LogP contribution in [0.1, 0.15) is 95.0 Å². The molecule has 9 nitrogen and oxygen atoms in total. The van der Waals surface area contributed by atoms with Crippen LogP contribution in [-0.4, -0.2) is 39.4 Å². The summed E-state index contributed by atoms with van der Waals surface area (Å²) in [5, 5.41) is 9.75. The van der Waals surface area contributed by atoms with Crippen LogP contribution in [0.15, 0.2) is 33.4 Å². The Bertz CT molecular complexity index is 1000. The van der Waals surface area contributed by atoms with Gasteiger partial charge in [0.25, 0.3) is 0 Å². The Morgan fingerprint density at radius 2 is 1.78 bits per heavy atom. The molecule has 3 amide bonds. The normalized spacial score (nSPS) is 18.2. The van der Waals surface area contributed by atoms with Crippen molar-refractivity contribution in [2.45, 2.75) is 109 Å². The van der Waals surface area contributed by atoms with E-state index in [0.717, 1.165) is 51.4 Å². The van der Waals surface area contributed by atoms with Gasteiger partial charge in [-0.1, -0.05) is 50.1 Å². The number of hydrogen-bond acceptors (Lipinski definition) is 6. The van der Waals surface area contributed by atoms with E-state index in [0.29, 0.717) is 30.2 Å². The molecule has 2 aliphatic rings. The van der Waals surface area contributed by atoms with Crippen LogP contribution in [0, 0.1) is 6.92 Å². The number of hydrogen-bond donors (Lipinski definition) is 2. The first-order chi connectivity index (χ1) is 17.5. The molecule has 0 saturated heterocycles. The van der Waals surface area contributed by atoms with E-state index in [4.69, 9.17) is 8.94 Å². The SMILES string of the molecule is Cc1cc(NC(=O)CCC(=O)N(Cc2ccco2)C2(C(=O)NC3CCCCC3)CCCCCC2)no1. The van der Waals surface area contributed by atoms with Crippen LogP contribution in [0.25, 0.3) is 0 Å². The molecule has 0 unspecified atom stereocenters. The number of carbonyl (C=O) groups excluding carboxylic acids is 3. The standard InChI is InChI=1S/C27H38N4O5/c1-20-18-23(30-36-20)29-24(32)13-14-25(33)31(19-22-12-9-17-35-22)27(15-7-2-3-8-16-27)26(34)28-21-10-5-4-6-11-21/h9,12,17-18,21H,2-8,10-11,13-16,19H2,1H3,(H,28,34)(H,29,30,32). The van der Waals surface area contributed by atoms with Gasteiger partial charge < -0.3 is 24.5 Å². The summed E-state index contributed by atoms with van der Waals surface area (Å²) in [5.74, 6) is 0.934. The summed E-state index contributed by atoms with van der Waals surface area (Å²) in [6.45, 7) is 1.94. The van der Waals surface area contributed by atoms with Gasteiger partial charge in [0, 0.05) is 24.9 Å². The van der Waals surface area contributed by atoms with Crippen molar-refractivity contribution in [2.75, 3.05) is 5.32 Å². The molecule has 2 fully saturated rings. The molecule has 2 saturated carbocycles. The molecule has 0 spiro atoms. The third-order valence-corrected chi connectivity index (χ3v) is 7.47. The summed E-state index contributed by atoms with van der Waals surface area (Å²) >= 11 is 0. The van der Waals surface area contributed by atoms with Gasteiger partial charge in [0.2, 0.25) is 17.7 Å². The minimum Gasteiger partial charge on any atom is -0.467 e. The third kappa shape index (κ3) is 6.56. The molecule has 2 N–H and O–H groups in total. The molecule has 2 heterocycles. The van der Waals surface area contributed by atoms with Gasteiger partial charge in [0.15, 0.2) is 5.82 Å². The molecule has 9 heteroatoms. The van der Waals surface area contributed by atoms with Gasteiger partial charge in [-0.25, -0.2) is 0 Å². The number of amides is 3. The zero-order valence-corrected chi connectivity index (χ0v) is 21.2. The average molecular weight is 499 g/mol. The van der Waals surface area contributed by atoms with Crippen LogP contribution in [0.2, 0.25) is 0 Å². The van der Waals surface area contributed by atoms with Gasteiger partial charge in [0.1, 0.15) is 17.1 Å². The highest BCUT2D eigenvalue weighted by Crippen LogP contribution is 2.36. The molecule has 0 aliphatic heterocycles. The molecule has 0 radical (unpaired) electrons. The third-order valence-electron chi connectivity index (χ3n) is 7.47. The number of nitrogens with one attached hydrogen (secondary N) is 2. The molecule has 2 aliphatic carbocycles. The Labute approximate surface area is 212 Å². The summed E-state index contributed by atoms with van der Waals surface area (Å²) in [7, 11) is 0. The second-order valence-electron chi connectivity index (χ2n) is 10.2. The minimum atomic E-state index is -0.947. The molecule has 36 heavy (non-hydrogen) atoms. The van der Waals surface area contributed by atoms with Crippen LogP contribution in [0.3, 0.4) is 0 Å². The van der Waals surface area contributed by atoms with E-state index in [1.54, 1.807) is 30.2 Å². The van der Waals surface area contributed by atoms with Crippen molar-refractivity contribution in [3.05, 3.63) is 36.0 Å². The van der Waals surface area contributed by atoms with Gasteiger partial charge in [-0.05, 0) is 44.7 Å². The zero-order chi connectivity index (χ0) is 25.4. The molecule has 0 aromatic carbocycles. The lowest BCUT2D eigenvalue weighted by atomic mass is 9.85. The van der Waals surface area contributed by atoms with E-state index in [1.807, 2.05) is 6.07 Å². The zero-order valence-electron chi connectivity index (χ0n) is 21.2. The summed E-state index contributed by atoms with van der Waals surface area (Å²) in [4.78, 5) is 41.9. The van der Waals surface area contributed by atoms with Crippen LogP contribution in [0.5, 0.6) is 0 Å². The number of rotatable bonds is 9. The Kier molecular flexibility index (Phi) is 8.83. The monoisotopic (exact) mass is 498 g/mol. The Morgan fingerprint density at radius 1 is 1.06 bits per heavy atom. The first kappa shape index (κ1) is 26.0. The van der Waals surface area contributed by atoms with Crippen molar-refractivity contribution in [3.63, 3.8) is 0 Å². The molecular formula is C27H38N4O5. The molecule has 196 valence electrons. The number of anilines is 1. The molecular weight excluding hydrogens is 460 g/mol. The lowest BCUT2D eigenvalue weighted by Crippen LogP contribution is -2.61. The van der Waals surface area contributed by atoms with Crippen molar-refractivity contribution in [3.8, 4) is 0 Å². The van der Waals surface area contributed by atoms with Gasteiger partial charge in [0.05, 0.1) is 12.8 Å². The lowest BCUT2D eigenvalue weighted by Gasteiger charge is -2.43. The maximum absolute atomic E-state index is 14.0. The van der Waals surface area contributed by atoms with E-state index in [9.17, 15) is 14.4 Å². The van der Waals surface area contributed by atoms with Crippen molar-refractivity contribution in [2.24, 2.45) is 0 Å². The maximum Gasteiger partial charge on any atom is 0.246 e. The van der Waals surface area contributed by atoms with Gasteiger partial charge in [-0.15, -0.1) is 0 Å². The molecule has 2 aromatic rings. The molecule has 4 rings (SSSR count). The van der Waals surface area contributed by atoms with Crippen LogP contribution in [-0.2, 0) is 20.9 Å². The first-order valence-electron chi connectivity index (χ1n) is 13.3. The predicted octanol–water partition coefficient (Wildman–Crippen LogP) is 4.87. The predicted molar refractivity (Wildman–Crippen MR) is 134 cm³/mol. The number of aryl methyl sites for hydroxylation is 1. The highest BCUT2D eigenvalue weighted by atomic mass is 16.5. The summed E-state index contributed by atoms with van der Waals surface area (Å²) in [6, 6.07) is 5.39. The smallest absolute Gasteiger partial charge is 0.246 e. The fourth-order valence-electron chi connectivity index (χ4n) is 5.52. The summed E-state index contributed by atoms with van der Waals surface area (Å²) in [6.07, 6.45) is 12.0. The highest BCUT2D eigenvalue weighted by Gasteiger charge is 2.47. The Balaban J connectivity index is 1.53. The molecule has 0 bridgehead atoms. The minimum absolute atomic E-state index is 0.0121. The fraction of sp³-hybridized carbons (Fsp3) is 0.630. The topological polar surface area (TPSA) is 118 Å². The number of furan rings is 1. The van der Waals surface area contributed by atoms with Crippen LogP contribution >= 0.6 is 0 Å². The van der Waals surface area contributed by atoms with E-state index >= 15 is 0 Å². The lowest BCUT2D eigenvalue weighted by molar-refractivity contribution is -0.151. The van der Waals surface area contributed by atoms with Crippen molar-refractivity contribution in [1.82, 2.24) is 15.4 Å². The van der Waals surface area contributed by atoms with Gasteiger partial charge in [-0.3, -0.25) is 14.4 Å². The van der Waals surface area contributed by atoms with Crippen molar-refractivity contribution >= 4 is 23.5 Å². The summed E-state index contributed by atoms with van der Waals surface area (Å²) < 4.78 is 10.6. The van der Waals surface area contributed by atoms with Crippen molar-refractivity contribution < 1.29 is 23.3 Å². The van der Waals surface area contributed by atoms with E-state index in [2.05, 4.69) is 15.8 Å².